The van der Waals surface area contributed by atoms with Crippen LogP contribution in [0.15, 0.2) is 91.0 Å². The first kappa shape index (κ1) is 24.4. The second-order valence-electron chi connectivity index (χ2n) is 9.14. The number of hydrogen-bond donors (Lipinski definition) is 0. The molecule has 0 aliphatic rings. The molecular formula is C32H32N2O3. The average Bonchev–Trinajstić information content (AvgIpc) is 3.28. The molecule has 0 radical (unpaired) electrons. The van der Waals surface area contributed by atoms with E-state index in [9.17, 15) is 4.79 Å². The zero-order chi connectivity index (χ0) is 25.8. The Bertz CT molecular complexity index is 1540. The number of carbonyl (C=O) groups excluding carboxylic acids is 1. The van der Waals surface area contributed by atoms with Gasteiger partial charge in [0.05, 0.1) is 14.2 Å². The molecule has 0 aliphatic carbocycles. The van der Waals surface area contributed by atoms with E-state index >= 15 is 0 Å². The number of benzene rings is 4. The van der Waals surface area contributed by atoms with E-state index in [1.165, 1.54) is 21.8 Å². The fourth-order valence-electron chi connectivity index (χ4n) is 5.08. The van der Waals surface area contributed by atoms with Gasteiger partial charge in [-0.25, -0.2) is 0 Å². The first-order chi connectivity index (χ1) is 18.1. The lowest BCUT2D eigenvalue weighted by Gasteiger charge is -2.23. The van der Waals surface area contributed by atoms with Gasteiger partial charge >= 0.3 is 0 Å². The molecule has 0 bridgehead atoms. The van der Waals surface area contributed by atoms with Gasteiger partial charge in [0.15, 0.2) is 11.5 Å². The Kier molecular flexibility index (Phi) is 7.13. The minimum Gasteiger partial charge on any atom is -0.493 e. The molecule has 0 spiro atoms. The third kappa shape index (κ3) is 4.90. The second kappa shape index (κ2) is 10.8. The summed E-state index contributed by atoms with van der Waals surface area (Å²) in [5.41, 5.74) is 5.35. The SMILES string of the molecule is CCn1c2ccccc2c2cc(CN(CCc3ccc(OC)c(OC)c3)C(=O)c3ccccc3)ccc21. The number of carbonyl (C=O) groups is 1. The van der Waals surface area contributed by atoms with Gasteiger partial charge in [-0.05, 0) is 66.9 Å². The van der Waals surface area contributed by atoms with Crippen molar-refractivity contribution in [3.8, 4) is 11.5 Å². The maximum Gasteiger partial charge on any atom is 0.254 e. The van der Waals surface area contributed by atoms with Crippen molar-refractivity contribution < 1.29 is 14.3 Å². The van der Waals surface area contributed by atoms with E-state index in [1.54, 1.807) is 14.2 Å². The molecule has 37 heavy (non-hydrogen) atoms. The van der Waals surface area contributed by atoms with Crippen molar-refractivity contribution in [3.05, 3.63) is 108 Å². The molecule has 0 fully saturated rings. The number of ether oxygens (including phenoxy) is 2. The lowest BCUT2D eigenvalue weighted by molar-refractivity contribution is 0.0745. The molecule has 1 aromatic heterocycles. The summed E-state index contributed by atoms with van der Waals surface area (Å²) in [6, 6.07) is 30.5. The first-order valence-electron chi connectivity index (χ1n) is 12.7. The molecule has 5 rings (SSSR count). The summed E-state index contributed by atoms with van der Waals surface area (Å²) in [6.07, 6.45) is 0.705. The van der Waals surface area contributed by atoms with Gasteiger partial charge in [-0.2, -0.15) is 0 Å². The van der Waals surface area contributed by atoms with Gasteiger partial charge in [-0.3, -0.25) is 4.79 Å². The van der Waals surface area contributed by atoms with Crippen LogP contribution in [0.4, 0.5) is 0 Å². The average molecular weight is 493 g/mol. The molecule has 4 aromatic carbocycles. The third-order valence-electron chi connectivity index (χ3n) is 6.95. The molecule has 1 amide bonds. The van der Waals surface area contributed by atoms with Gasteiger partial charge in [0.1, 0.15) is 0 Å². The molecule has 0 aliphatic heterocycles. The molecule has 5 nitrogen and oxygen atoms in total. The van der Waals surface area contributed by atoms with Crippen LogP contribution in [-0.4, -0.2) is 36.1 Å². The summed E-state index contributed by atoms with van der Waals surface area (Å²) in [6.45, 7) is 4.20. The Balaban J connectivity index is 1.46. The second-order valence-corrected chi connectivity index (χ2v) is 9.14. The van der Waals surface area contributed by atoms with Crippen LogP contribution in [0.3, 0.4) is 0 Å². The number of rotatable bonds is 9. The van der Waals surface area contributed by atoms with E-state index in [2.05, 4.69) is 54.0 Å². The van der Waals surface area contributed by atoms with Crippen molar-refractivity contribution in [2.75, 3.05) is 20.8 Å². The van der Waals surface area contributed by atoms with Crippen LogP contribution in [0, 0.1) is 0 Å². The standard InChI is InChI=1S/C32H32N2O3/c1-4-34-28-13-9-8-12-26(28)27-20-24(14-16-29(27)34)22-33(32(35)25-10-6-5-7-11-25)19-18-23-15-17-30(36-2)31(21-23)37-3/h5-17,20-21H,4,18-19,22H2,1-3H3. The summed E-state index contributed by atoms with van der Waals surface area (Å²) >= 11 is 0. The molecule has 0 atom stereocenters. The maximum absolute atomic E-state index is 13.6. The normalized spacial score (nSPS) is 11.1. The fraction of sp³-hybridized carbons (Fsp3) is 0.219. The van der Waals surface area contributed by atoms with Crippen LogP contribution < -0.4 is 9.47 Å². The van der Waals surface area contributed by atoms with Crippen molar-refractivity contribution in [3.63, 3.8) is 0 Å². The minimum atomic E-state index is 0.0251. The van der Waals surface area contributed by atoms with Crippen LogP contribution in [0.25, 0.3) is 21.8 Å². The molecule has 1 heterocycles. The zero-order valence-electron chi connectivity index (χ0n) is 21.6. The number of fused-ring (bicyclic) bond motifs is 3. The third-order valence-corrected chi connectivity index (χ3v) is 6.95. The Labute approximate surface area is 217 Å². The van der Waals surface area contributed by atoms with Crippen molar-refractivity contribution in [1.82, 2.24) is 9.47 Å². The molecule has 5 heteroatoms. The maximum atomic E-state index is 13.6. The van der Waals surface area contributed by atoms with Crippen molar-refractivity contribution in [1.29, 1.82) is 0 Å². The van der Waals surface area contributed by atoms with Gasteiger partial charge in [0, 0.05) is 47.0 Å². The zero-order valence-corrected chi connectivity index (χ0v) is 21.6. The molecule has 5 aromatic rings. The molecular weight excluding hydrogens is 460 g/mol. The summed E-state index contributed by atoms with van der Waals surface area (Å²) in [5.74, 6) is 1.42. The predicted molar refractivity (Wildman–Crippen MR) is 150 cm³/mol. The van der Waals surface area contributed by atoms with Crippen LogP contribution in [-0.2, 0) is 19.5 Å². The molecule has 188 valence electrons. The Hall–Kier alpha value is -4.25. The largest absolute Gasteiger partial charge is 0.493 e. The van der Waals surface area contributed by atoms with Crippen LogP contribution in [0.1, 0.15) is 28.4 Å². The fourth-order valence-corrected chi connectivity index (χ4v) is 5.08. The lowest BCUT2D eigenvalue weighted by atomic mass is 10.1. The van der Waals surface area contributed by atoms with E-state index in [0.717, 1.165) is 17.7 Å². The number of aryl methyl sites for hydroxylation is 1. The Morgan fingerprint density at radius 3 is 2.22 bits per heavy atom. The number of amides is 1. The van der Waals surface area contributed by atoms with Crippen LogP contribution in [0.2, 0.25) is 0 Å². The quantitative estimate of drug-likeness (QED) is 0.229. The van der Waals surface area contributed by atoms with Gasteiger partial charge < -0.3 is 18.9 Å². The molecule has 0 saturated carbocycles. The van der Waals surface area contributed by atoms with Gasteiger partial charge in [0.2, 0.25) is 0 Å². The smallest absolute Gasteiger partial charge is 0.254 e. The van der Waals surface area contributed by atoms with Crippen molar-refractivity contribution in [2.45, 2.75) is 26.4 Å². The highest BCUT2D eigenvalue weighted by molar-refractivity contribution is 6.08. The van der Waals surface area contributed by atoms with E-state index in [1.807, 2.05) is 53.4 Å². The minimum absolute atomic E-state index is 0.0251. The topological polar surface area (TPSA) is 43.7 Å². The molecule has 0 saturated heterocycles. The van der Waals surface area contributed by atoms with Crippen molar-refractivity contribution in [2.24, 2.45) is 0 Å². The van der Waals surface area contributed by atoms with E-state index in [4.69, 9.17) is 9.47 Å². The highest BCUT2D eigenvalue weighted by Crippen LogP contribution is 2.31. The molecule has 0 N–H and O–H groups in total. The van der Waals surface area contributed by atoms with Crippen LogP contribution >= 0.6 is 0 Å². The van der Waals surface area contributed by atoms with E-state index < -0.39 is 0 Å². The highest BCUT2D eigenvalue weighted by atomic mass is 16.5. The van der Waals surface area contributed by atoms with Gasteiger partial charge in [-0.15, -0.1) is 0 Å². The predicted octanol–water partition coefficient (Wildman–Crippen LogP) is 6.72. The summed E-state index contributed by atoms with van der Waals surface area (Å²) in [4.78, 5) is 15.5. The summed E-state index contributed by atoms with van der Waals surface area (Å²) in [7, 11) is 3.27. The number of nitrogens with zero attached hydrogens (tertiary/aromatic N) is 2. The Morgan fingerprint density at radius 2 is 1.46 bits per heavy atom. The highest BCUT2D eigenvalue weighted by Gasteiger charge is 2.18. The van der Waals surface area contributed by atoms with Gasteiger partial charge in [0.25, 0.3) is 5.91 Å². The number of methoxy groups -OCH3 is 2. The monoisotopic (exact) mass is 492 g/mol. The number of hydrogen-bond acceptors (Lipinski definition) is 3. The van der Waals surface area contributed by atoms with Crippen LogP contribution in [0.5, 0.6) is 11.5 Å². The number of para-hydroxylation sites is 1. The Morgan fingerprint density at radius 1 is 0.757 bits per heavy atom. The summed E-state index contributed by atoms with van der Waals surface area (Å²) in [5, 5.41) is 2.47. The first-order valence-corrected chi connectivity index (χ1v) is 12.7. The lowest BCUT2D eigenvalue weighted by Crippen LogP contribution is -2.32. The van der Waals surface area contributed by atoms with Gasteiger partial charge in [-0.1, -0.05) is 48.5 Å². The van der Waals surface area contributed by atoms with E-state index in [0.29, 0.717) is 36.6 Å². The number of aromatic nitrogens is 1. The van der Waals surface area contributed by atoms with Crippen molar-refractivity contribution >= 4 is 27.7 Å². The molecule has 0 unspecified atom stereocenters. The summed E-state index contributed by atoms with van der Waals surface area (Å²) < 4.78 is 13.2. The van der Waals surface area contributed by atoms with E-state index in [-0.39, 0.29) is 5.91 Å².